The Morgan fingerprint density at radius 1 is 1.37 bits per heavy atom. The lowest BCUT2D eigenvalue weighted by atomic mass is 10.0. The number of fused-ring (bicyclic) bond motifs is 1. The van der Waals surface area contributed by atoms with Crippen molar-refractivity contribution in [2.75, 3.05) is 19.8 Å². The number of nitrogens with one attached hydrogen (secondary N) is 1. The highest BCUT2D eigenvalue weighted by Gasteiger charge is 2.33. The minimum Gasteiger partial charge on any atom is -0.440 e. The highest BCUT2D eigenvalue weighted by molar-refractivity contribution is 5.76. The molecule has 0 bridgehead atoms. The SMILES string of the molecule is CCCNC1COCC1c1nc2c(C)cccc2o1. The van der Waals surface area contributed by atoms with E-state index in [4.69, 9.17) is 9.15 Å². The fourth-order valence-corrected chi connectivity index (χ4v) is 2.59. The first kappa shape index (κ1) is 12.6. The molecule has 0 amide bonds. The highest BCUT2D eigenvalue weighted by atomic mass is 16.5. The third-order valence-corrected chi connectivity index (χ3v) is 3.69. The summed E-state index contributed by atoms with van der Waals surface area (Å²) >= 11 is 0. The zero-order chi connectivity index (χ0) is 13.2. The van der Waals surface area contributed by atoms with Crippen LogP contribution in [0.3, 0.4) is 0 Å². The molecule has 0 spiro atoms. The molecule has 1 aliphatic heterocycles. The van der Waals surface area contributed by atoms with Crippen LogP contribution in [0.5, 0.6) is 0 Å². The smallest absolute Gasteiger partial charge is 0.202 e. The molecule has 102 valence electrons. The van der Waals surface area contributed by atoms with Crippen LogP contribution in [0.25, 0.3) is 11.1 Å². The first-order valence-corrected chi connectivity index (χ1v) is 6.96. The summed E-state index contributed by atoms with van der Waals surface area (Å²) in [6.07, 6.45) is 1.12. The van der Waals surface area contributed by atoms with Gasteiger partial charge in [-0.25, -0.2) is 4.98 Å². The number of aryl methyl sites for hydroxylation is 1. The van der Waals surface area contributed by atoms with Gasteiger partial charge in [0.2, 0.25) is 5.89 Å². The van der Waals surface area contributed by atoms with Crippen LogP contribution in [0, 0.1) is 6.92 Å². The number of oxazole rings is 1. The molecule has 2 aromatic rings. The predicted molar refractivity (Wildman–Crippen MR) is 74.4 cm³/mol. The normalized spacial score (nSPS) is 23.3. The number of benzene rings is 1. The molecule has 0 saturated carbocycles. The van der Waals surface area contributed by atoms with Crippen LogP contribution in [0.1, 0.15) is 30.7 Å². The largest absolute Gasteiger partial charge is 0.440 e. The van der Waals surface area contributed by atoms with Gasteiger partial charge in [-0.3, -0.25) is 0 Å². The molecule has 2 unspecified atom stereocenters. The van der Waals surface area contributed by atoms with Gasteiger partial charge in [0, 0.05) is 6.04 Å². The molecule has 1 N–H and O–H groups in total. The maximum atomic E-state index is 5.91. The Morgan fingerprint density at radius 3 is 3.05 bits per heavy atom. The topological polar surface area (TPSA) is 47.3 Å². The van der Waals surface area contributed by atoms with Gasteiger partial charge in [-0.05, 0) is 31.5 Å². The molecule has 4 heteroatoms. The van der Waals surface area contributed by atoms with Crippen LogP contribution < -0.4 is 5.32 Å². The van der Waals surface area contributed by atoms with E-state index in [1.54, 1.807) is 0 Å². The molecule has 0 radical (unpaired) electrons. The van der Waals surface area contributed by atoms with E-state index in [2.05, 4.69) is 30.2 Å². The molecule has 1 aromatic heterocycles. The van der Waals surface area contributed by atoms with Crippen molar-refractivity contribution in [1.82, 2.24) is 10.3 Å². The summed E-state index contributed by atoms with van der Waals surface area (Å²) in [6.45, 7) is 6.66. The van der Waals surface area contributed by atoms with Crippen LogP contribution in [-0.4, -0.2) is 30.8 Å². The molecule has 4 nitrogen and oxygen atoms in total. The Labute approximate surface area is 113 Å². The Bertz CT molecular complexity index is 564. The molecule has 19 heavy (non-hydrogen) atoms. The molecule has 3 rings (SSSR count). The number of nitrogens with zero attached hydrogens (tertiary/aromatic N) is 1. The van der Waals surface area contributed by atoms with E-state index >= 15 is 0 Å². The zero-order valence-corrected chi connectivity index (χ0v) is 11.5. The van der Waals surface area contributed by atoms with Crippen molar-refractivity contribution in [3.63, 3.8) is 0 Å². The Balaban J connectivity index is 1.88. The van der Waals surface area contributed by atoms with Gasteiger partial charge in [-0.2, -0.15) is 0 Å². The number of ether oxygens (including phenoxy) is 1. The molecular weight excluding hydrogens is 240 g/mol. The fourth-order valence-electron chi connectivity index (χ4n) is 2.59. The van der Waals surface area contributed by atoms with Gasteiger partial charge in [0.05, 0.1) is 19.1 Å². The lowest BCUT2D eigenvalue weighted by Crippen LogP contribution is -2.34. The minimum atomic E-state index is 0.221. The zero-order valence-electron chi connectivity index (χ0n) is 11.5. The van der Waals surface area contributed by atoms with Gasteiger partial charge >= 0.3 is 0 Å². The summed E-state index contributed by atoms with van der Waals surface area (Å²) in [5, 5.41) is 3.51. The number of para-hydroxylation sites is 1. The molecular formula is C15H20N2O2. The standard InChI is InChI=1S/C15H20N2O2/c1-3-7-16-12-9-18-8-11(12)15-17-14-10(2)5-4-6-13(14)19-15/h4-6,11-12,16H,3,7-9H2,1-2H3. The van der Waals surface area contributed by atoms with Gasteiger partial charge in [-0.15, -0.1) is 0 Å². The van der Waals surface area contributed by atoms with Gasteiger partial charge < -0.3 is 14.5 Å². The van der Waals surface area contributed by atoms with Gasteiger partial charge in [0.1, 0.15) is 5.52 Å². The van der Waals surface area contributed by atoms with Crippen LogP contribution in [0.2, 0.25) is 0 Å². The Kier molecular flexibility index (Phi) is 3.53. The summed E-state index contributed by atoms with van der Waals surface area (Å²) in [6, 6.07) is 6.36. The van der Waals surface area contributed by atoms with Crippen molar-refractivity contribution in [1.29, 1.82) is 0 Å². The molecule has 2 heterocycles. The quantitative estimate of drug-likeness (QED) is 0.918. The van der Waals surface area contributed by atoms with E-state index in [1.807, 2.05) is 12.1 Å². The third kappa shape index (κ3) is 2.38. The summed E-state index contributed by atoms with van der Waals surface area (Å²) in [4.78, 5) is 4.67. The van der Waals surface area contributed by atoms with Crippen LogP contribution in [-0.2, 0) is 4.74 Å². The van der Waals surface area contributed by atoms with Gasteiger partial charge in [0.15, 0.2) is 5.58 Å². The number of rotatable bonds is 4. The van der Waals surface area contributed by atoms with Crippen LogP contribution in [0.4, 0.5) is 0 Å². The second-order valence-electron chi connectivity index (χ2n) is 5.18. The van der Waals surface area contributed by atoms with Crippen molar-refractivity contribution in [2.45, 2.75) is 32.2 Å². The predicted octanol–water partition coefficient (Wildman–Crippen LogP) is 2.62. The van der Waals surface area contributed by atoms with E-state index in [9.17, 15) is 0 Å². The molecule has 1 aliphatic rings. The second kappa shape index (κ2) is 5.31. The maximum absolute atomic E-state index is 5.91. The molecule has 1 saturated heterocycles. The molecule has 1 aromatic carbocycles. The summed E-state index contributed by atoms with van der Waals surface area (Å²) in [7, 11) is 0. The fraction of sp³-hybridized carbons (Fsp3) is 0.533. The van der Waals surface area contributed by atoms with Crippen molar-refractivity contribution >= 4 is 11.1 Å². The first-order valence-electron chi connectivity index (χ1n) is 6.96. The Morgan fingerprint density at radius 2 is 2.26 bits per heavy atom. The maximum Gasteiger partial charge on any atom is 0.202 e. The molecule has 2 atom stereocenters. The summed E-state index contributed by atoms with van der Waals surface area (Å²) in [5.41, 5.74) is 3.00. The summed E-state index contributed by atoms with van der Waals surface area (Å²) < 4.78 is 11.5. The van der Waals surface area contributed by atoms with E-state index in [-0.39, 0.29) is 5.92 Å². The van der Waals surface area contributed by atoms with E-state index < -0.39 is 0 Å². The third-order valence-electron chi connectivity index (χ3n) is 3.69. The summed E-state index contributed by atoms with van der Waals surface area (Å²) in [5.74, 6) is 1.02. The highest BCUT2D eigenvalue weighted by Crippen LogP contribution is 2.29. The molecule has 0 aliphatic carbocycles. The van der Waals surface area contributed by atoms with E-state index in [1.165, 1.54) is 0 Å². The lowest BCUT2D eigenvalue weighted by Gasteiger charge is -2.15. The van der Waals surface area contributed by atoms with E-state index in [0.29, 0.717) is 12.6 Å². The van der Waals surface area contributed by atoms with Crippen LogP contribution >= 0.6 is 0 Å². The van der Waals surface area contributed by atoms with Crippen LogP contribution in [0.15, 0.2) is 22.6 Å². The number of aromatic nitrogens is 1. The van der Waals surface area contributed by atoms with Gasteiger partial charge in [-0.1, -0.05) is 19.1 Å². The Hall–Kier alpha value is -1.39. The average molecular weight is 260 g/mol. The number of hydrogen-bond donors (Lipinski definition) is 1. The minimum absolute atomic E-state index is 0.221. The van der Waals surface area contributed by atoms with Gasteiger partial charge in [0.25, 0.3) is 0 Å². The lowest BCUT2D eigenvalue weighted by molar-refractivity contribution is 0.186. The second-order valence-corrected chi connectivity index (χ2v) is 5.18. The number of hydrogen-bond acceptors (Lipinski definition) is 4. The van der Waals surface area contributed by atoms with Crippen molar-refractivity contribution in [3.05, 3.63) is 29.7 Å². The van der Waals surface area contributed by atoms with Crippen molar-refractivity contribution in [3.8, 4) is 0 Å². The average Bonchev–Trinajstić information content (AvgIpc) is 3.02. The van der Waals surface area contributed by atoms with Crippen molar-refractivity contribution in [2.24, 2.45) is 0 Å². The monoisotopic (exact) mass is 260 g/mol. The molecule has 1 fully saturated rings. The van der Waals surface area contributed by atoms with E-state index in [0.717, 1.165) is 42.1 Å². The van der Waals surface area contributed by atoms with Crippen molar-refractivity contribution < 1.29 is 9.15 Å². The first-order chi connectivity index (χ1) is 9.29.